The highest BCUT2D eigenvalue weighted by Gasteiger charge is 2.30. The first-order chi connectivity index (χ1) is 20.5. The zero-order chi connectivity index (χ0) is 29.1. The van der Waals surface area contributed by atoms with Crippen LogP contribution in [0.25, 0.3) is 22.2 Å². The minimum atomic E-state index is -0.260. The maximum Gasteiger partial charge on any atom is 0.231 e. The van der Waals surface area contributed by atoms with Crippen molar-refractivity contribution in [3.8, 4) is 11.1 Å². The summed E-state index contributed by atoms with van der Waals surface area (Å²) in [5.41, 5.74) is 6.41. The first-order valence-corrected chi connectivity index (χ1v) is 14.9. The van der Waals surface area contributed by atoms with E-state index in [1.165, 1.54) is 5.56 Å². The molecule has 1 saturated heterocycles. The fraction of sp³-hybridized carbons (Fsp3) is 0.303. The number of aromatic amines is 1. The summed E-state index contributed by atoms with van der Waals surface area (Å²) in [5.74, 6) is -0.107. The average molecular weight is 692 g/mol. The Balaban J connectivity index is 0.00000184. The molecule has 0 bridgehead atoms. The molecule has 1 aliphatic heterocycles. The number of anilines is 1. The van der Waals surface area contributed by atoms with Gasteiger partial charge in [-0.05, 0) is 41.0 Å². The van der Waals surface area contributed by atoms with Gasteiger partial charge in [0.1, 0.15) is 5.65 Å². The Morgan fingerprint density at radius 3 is 2.33 bits per heavy atom. The van der Waals surface area contributed by atoms with Crippen LogP contribution in [0.1, 0.15) is 30.9 Å². The Kier molecular flexibility index (Phi) is 13.1. The van der Waals surface area contributed by atoms with Crippen molar-refractivity contribution < 1.29 is 4.79 Å². The van der Waals surface area contributed by atoms with Crippen LogP contribution < -0.4 is 10.2 Å². The summed E-state index contributed by atoms with van der Waals surface area (Å²) in [4.78, 5) is 26.3. The number of pyridine rings is 1. The Hall–Kier alpha value is -3.27. The van der Waals surface area contributed by atoms with Crippen LogP contribution in [0.2, 0.25) is 5.02 Å². The van der Waals surface area contributed by atoms with Crippen molar-refractivity contribution in [2.24, 2.45) is 0 Å². The highest BCUT2D eigenvalue weighted by atomic mass is 35.5. The van der Waals surface area contributed by atoms with Gasteiger partial charge in [0.05, 0.1) is 18.2 Å². The Labute approximate surface area is 287 Å². The van der Waals surface area contributed by atoms with E-state index in [1.54, 1.807) is 6.20 Å². The molecule has 2 N–H and O–H groups in total. The Morgan fingerprint density at radius 2 is 1.69 bits per heavy atom. The van der Waals surface area contributed by atoms with Gasteiger partial charge in [-0.15, -0.1) is 37.2 Å². The van der Waals surface area contributed by atoms with Gasteiger partial charge in [0.15, 0.2) is 0 Å². The summed E-state index contributed by atoms with van der Waals surface area (Å²) >= 11 is 6.15. The minimum absolute atomic E-state index is 0. The van der Waals surface area contributed by atoms with Gasteiger partial charge in [0.25, 0.3) is 0 Å². The van der Waals surface area contributed by atoms with Crippen LogP contribution in [0, 0.1) is 0 Å². The second kappa shape index (κ2) is 16.3. The summed E-state index contributed by atoms with van der Waals surface area (Å²) in [6, 6.07) is 20.6. The van der Waals surface area contributed by atoms with Crippen molar-refractivity contribution >= 4 is 71.5 Å². The van der Waals surface area contributed by atoms with Crippen LogP contribution >= 0.6 is 48.8 Å². The lowest BCUT2D eigenvalue weighted by molar-refractivity contribution is -0.133. The number of nitrogens with one attached hydrogen (secondary N) is 2. The molecule has 8 nitrogen and oxygen atoms in total. The molecular weight excluding hydrogens is 652 g/mol. The molecule has 4 heterocycles. The van der Waals surface area contributed by atoms with E-state index in [4.69, 9.17) is 16.6 Å². The number of rotatable bonds is 9. The second-order valence-electron chi connectivity index (χ2n) is 11.1. The molecule has 1 amide bonds. The number of benzene rings is 2. The molecule has 0 spiro atoms. The van der Waals surface area contributed by atoms with Gasteiger partial charge in [-0.2, -0.15) is 5.10 Å². The van der Waals surface area contributed by atoms with E-state index < -0.39 is 0 Å². The molecule has 0 aliphatic carbocycles. The Morgan fingerprint density at radius 1 is 0.978 bits per heavy atom. The van der Waals surface area contributed by atoms with Crippen LogP contribution in [-0.2, 0) is 11.3 Å². The van der Waals surface area contributed by atoms with E-state index in [2.05, 4.69) is 64.5 Å². The van der Waals surface area contributed by atoms with Crippen molar-refractivity contribution in [3.63, 3.8) is 0 Å². The van der Waals surface area contributed by atoms with E-state index in [0.717, 1.165) is 53.0 Å². The lowest BCUT2D eigenvalue weighted by atomic mass is 9.96. The second-order valence-corrected chi connectivity index (χ2v) is 11.6. The molecule has 5 aromatic rings. The molecule has 0 saturated carbocycles. The quantitative estimate of drug-likeness (QED) is 0.177. The highest BCUT2D eigenvalue weighted by molar-refractivity contribution is 6.30. The fourth-order valence-corrected chi connectivity index (χ4v) is 5.81. The van der Waals surface area contributed by atoms with Gasteiger partial charge in [0.2, 0.25) is 5.91 Å². The molecule has 6 rings (SSSR count). The molecule has 12 heteroatoms. The van der Waals surface area contributed by atoms with E-state index in [1.807, 2.05) is 58.5 Å². The Bertz CT molecular complexity index is 1630. The number of amides is 1. The van der Waals surface area contributed by atoms with Crippen LogP contribution in [0.4, 0.5) is 5.69 Å². The summed E-state index contributed by atoms with van der Waals surface area (Å²) in [6.45, 7) is 8.31. The van der Waals surface area contributed by atoms with Gasteiger partial charge in [-0.1, -0.05) is 61.8 Å². The van der Waals surface area contributed by atoms with Crippen LogP contribution in [0.15, 0.2) is 85.5 Å². The zero-order valence-corrected chi connectivity index (χ0v) is 28.4. The highest BCUT2D eigenvalue weighted by Crippen LogP contribution is 2.37. The normalized spacial score (nSPS) is 13.6. The van der Waals surface area contributed by atoms with Crippen molar-refractivity contribution in [2.45, 2.75) is 32.4 Å². The van der Waals surface area contributed by atoms with E-state index in [-0.39, 0.29) is 55.1 Å². The SMILES string of the molecule is CC(C)NCC(C(=O)N1CCN(c2c(-c3ccc(Cn4cccn4)cc3)cnc3[nH]ccc23)CC1)c1ccc(Cl)cc1.Cl.Cl.Cl. The topological polar surface area (TPSA) is 82.1 Å². The molecule has 1 aliphatic rings. The third-order valence-corrected chi connectivity index (χ3v) is 8.19. The number of nitrogens with zero attached hydrogens (tertiary/aromatic N) is 5. The number of hydrogen-bond acceptors (Lipinski definition) is 5. The van der Waals surface area contributed by atoms with Crippen molar-refractivity contribution in [2.75, 3.05) is 37.6 Å². The van der Waals surface area contributed by atoms with Crippen molar-refractivity contribution in [3.05, 3.63) is 102 Å². The van der Waals surface area contributed by atoms with Gasteiger partial charge >= 0.3 is 0 Å². The smallest absolute Gasteiger partial charge is 0.231 e. The third-order valence-electron chi connectivity index (χ3n) is 7.94. The van der Waals surface area contributed by atoms with Crippen LogP contribution in [0.3, 0.4) is 0 Å². The number of aromatic nitrogens is 4. The molecule has 240 valence electrons. The predicted octanol–water partition coefficient (Wildman–Crippen LogP) is 6.82. The number of H-pyrrole nitrogens is 1. The molecule has 45 heavy (non-hydrogen) atoms. The summed E-state index contributed by atoms with van der Waals surface area (Å²) < 4.78 is 1.92. The zero-order valence-electron chi connectivity index (χ0n) is 25.2. The number of carbonyl (C=O) groups excluding carboxylic acids is 1. The maximum absolute atomic E-state index is 13.9. The van der Waals surface area contributed by atoms with Gasteiger partial charge < -0.3 is 20.1 Å². The summed E-state index contributed by atoms with van der Waals surface area (Å²) in [6.07, 6.45) is 7.67. The predicted molar refractivity (Wildman–Crippen MR) is 191 cm³/mol. The summed E-state index contributed by atoms with van der Waals surface area (Å²) in [5, 5.41) is 9.55. The molecule has 1 fully saturated rings. The van der Waals surface area contributed by atoms with Gasteiger partial charge in [-0.25, -0.2) is 4.98 Å². The number of piperazine rings is 1. The van der Waals surface area contributed by atoms with Gasteiger partial charge in [0, 0.05) is 79.5 Å². The van der Waals surface area contributed by atoms with Crippen molar-refractivity contribution in [1.29, 1.82) is 0 Å². The van der Waals surface area contributed by atoms with Gasteiger partial charge in [-0.3, -0.25) is 9.48 Å². The molecule has 0 radical (unpaired) electrons. The maximum atomic E-state index is 13.9. The third kappa shape index (κ3) is 8.31. The first-order valence-electron chi connectivity index (χ1n) is 14.5. The number of carbonyl (C=O) groups is 1. The number of halogens is 4. The lowest BCUT2D eigenvalue weighted by Crippen LogP contribution is -2.51. The molecule has 1 unspecified atom stereocenters. The van der Waals surface area contributed by atoms with E-state index in [9.17, 15) is 4.79 Å². The minimum Gasteiger partial charge on any atom is -0.367 e. The largest absolute Gasteiger partial charge is 0.367 e. The number of hydrogen-bond donors (Lipinski definition) is 2. The first kappa shape index (κ1) is 36.2. The number of fused-ring (bicyclic) bond motifs is 1. The average Bonchev–Trinajstić information content (AvgIpc) is 3.70. The molecular formula is C33H39Cl4N7O. The monoisotopic (exact) mass is 689 g/mol. The molecule has 2 aromatic carbocycles. The standard InChI is InChI=1S/C33H36ClN7O.3ClH/c1-23(2)36-21-30(26-8-10-27(34)11-9-26)33(42)40-18-16-39(17-19-40)31-28-12-14-35-32(28)37-20-29(31)25-6-4-24(5-7-25)22-41-15-3-13-38-41;;;/h3-15,20,23,30,36H,16-19,21-22H2,1-2H3,(H,35,37);3*1H. The van der Waals surface area contributed by atoms with Crippen LogP contribution in [0.5, 0.6) is 0 Å². The van der Waals surface area contributed by atoms with E-state index >= 15 is 0 Å². The summed E-state index contributed by atoms with van der Waals surface area (Å²) in [7, 11) is 0. The molecule has 1 atom stereocenters. The van der Waals surface area contributed by atoms with E-state index in [0.29, 0.717) is 24.7 Å². The van der Waals surface area contributed by atoms with Crippen LogP contribution in [-0.4, -0.2) is 69.3 Å². The van der Waals surface area contributed by atoms with Crippen molar-refractivity contribution in [1.82, 2.24) is 30.0 Å². The fourth-order valence-electron chi connectivity index (χ4n) is 5.68. The molecule has 3 aromatic heterocycles. The lowest BCUT2D eigenvalue weighted by Gasteiger charge is -2.38.